The third kappa shape index (κ3) is 2.54. The van der Waals surface area contributed by atoms with Crippen LogP contribution < -0.4 is 9.88 Å². The lowest BCUT2D eigenvalue weighted by molar-refractivity contribution is -0.673. The lowest BCUT2D eigenvalue weighted by Gasteiger charge is -1.97. The first-order valence-electron chi connectivity index (χ1n) is 8.19. The van der Waals surface area contributed by atoms with Crippen LogP contribution in [0.25, 0.3) is 27.9 Å². The van der Waals surface area contributed by atoms with Gasteiger partial charge in [0.2, 0.25) is 5.58 Å². The third-order valence-corrected chi connectivity index (χ3v) is 4.18. The van der Waals surface area contributed by atoms with Crippen molar-refractivity contribution in [3.63, 3.8) is 0 Å². The smallest absolute Gasteiger partial charge is 0.375 e. The Morgan fingerprint density at radius 2 is 1.75 bits per heavy atom. The van der Waals surface area contributed by atoms with Crippen molar-refractivity contribution in [2.24, 2.45) is 0 Å². The Balaban J connectivity index is 1.77. The number of anilines is 1. The number of aryl methyl sites for hydroxylation is 1. The van der Waals surface area contributed by atoms with E-state index in [1.807, 2.05) is 48.7 Å². The second kappa shape index (κ2) is 6.20. The summed E-state index contributed by atoms with van der Waals surface area (Å²) in [6, 6.07) is 22.7. The van der Waals surface area contributed by atoms with E-state index >= 15 is 0 Å². The van der Waals surface area contributed by atoms with Gasteiger partial charge in [-0.1, -0.05) is 42.5 Å². The molecule has 0 fully saturated rings. The van der Waals surface area contributed by atoms with Crippen LogP contribution in [0.4, 0.5) is 5.69 Å². The van der Waals surface area contributed by atoms with Gasteiger partial charge in [-0.05, 0) is 36.6 Å². The number of benzene rings is 3. The normalized spacial score (nSPS) is 11.5. The monoisotopic (exact) mass is 315 g/mol. The van der Waals surface area contributed by atoms with E-state index in [1.165, 1.54) is 10.8 Å². The molecule has 3 nitrogen and oxygen atoms in total. The molecule has 3 heteroatoms. The van der Waals surface area contributed by atoms with Crippen molar-refractivity contribution < 1.29 is 8.98 Å². The van der Waals surface area contributed by atoms with Crippen molar-refractivity contribution >= 4 is 33.6 Å². The average Bonchev–Trinajstić information content (AvgIpc) is 3.00. The molecular formula is C21H19N2O+. The number of hydrogen-bond acceptors (Lipinski definition) is 2. The van der Waals surface area contributed by atoms with Crippen molar-refractivity contribution in [1.29, 1.82) is 0 Å². The summed E-state index contributed by atoms with van der Waals surface area (Å²) in [5, 5.41) is 5.72. The predicted molar refractivity (Wildman–Crippen MR) is 98.7 cm³/mol. The van der Waals surface area contributed by atoms with Crippen molar-refractivity contribution in [2.45, 2.75) is 13.5 Å². The number of rotatable bonds is 4. The second-order valence-electron chi connectivity index (χ2n) is 5.66. The van der Waals surface area contributed by atoms with Crippen molar-refractivity contribution in [3.05, 3.63) is 78.8 Å². The summed E-state index contributed by atoms with van der Waals surface area (Å²) in [5.41, 5.74) is 3.11. The molecule has 118 valence electrons. The minimum Gasteiger partial charge on any atom is -0.398 e. The molecule has 0 saturated carbocycles. The molecule has 0 unspecified atom stereocenters. The zero-order chi connectivity index (χ0) is 16.4. The molecule has 0 aliphatic heterocycles. The SMILES string of the molecule is CC[n+]1c(C=CNc2ccccc2)oc2ccc3ccccc3c21. The standard InChI is InChI=1S/C21H18N2O/c1-2-23-20(14-15-22-17-9-4-3-5-10-17)24-19-13-12-16-8-6-7-11-18(16)21(19)23/h3-15H,2H2,1H3/p+1. The van der Waals surface area contributed by atoms with E-state index in [1.54, 1.807) is 0 Å². The lowest BCUT2D eigenvalue weighted by atomic mass is 10.1. The van der Waals surface area contributed by atoms with Gasteiger partial charge in [0.15, 0.2) is 0 Å². The first-order chi connectivity index (χ1) is 11.9. The first-order valence-corrected chi connectivity index (χ1v) is 8.19. The largest absolute Gasteiger partial charge is 0.398 e. The van der Waals surface area contributed by atoms with Crippen LogP contribution in [0.5, 0.6) is 0 Å². The highest BCUT2D eigenvalue weighted by Gasteiger charge is 2.21. The van der Waals surface area contributed by atoms with Gasteiger partial charge < -0.3 is 9.73 Å². The van der Waals surface area contributed by atoms with Crippen LogP contribution in [0.1, 0.15) is 12.8 Å². The lowest BCUT2D eigenvalue weighted by Crippen LogP contribution is -2.33. The van der Waals surface area contributed by atoms with Crippen LogP contribution in [0.2, 0.25) is 0 Å². The number of hydrogen-bond donors (Lipinski definition) is 1. The fourth-order valence-corrected chi connectivity index (χ4v) is 3.06. The Morgan fingerprint density at radius 3 is 2.58 bits per heavy atom. The highest BCUT2D eigenvalue weighted by Crippen LogP contribution is 2.24. The van der Waals surface area contributed by atoms with Gasteiger partial charge in [-0.3, -0.25) is 0 Å². The molecular weight excluding hydrogens is 296 g/mol. The van der Waals surface area contributed by atoms with Crippen LogP contribution in [0.15, 0.2) is 77.3 Å². The van der Waals surface area contributed by atoms with Gasteiger partial charge in [0, 0.05) is 11.9 Å². The maximum Gasteiger partial charge on any atom is 0.375 e. The summed E-state index contributed by atoms with van der Waals surface area (Å²) in [6.07, 6.45) is 3.90. The first kappa shape index (κ1) is 14.5. The number of nitrogens with zero attached hydrogens (tertiary/aromatic N) is 1. The zero-order valence-corrected chi connectivity index (χ0v) is 13.6. The van der Waals surface area contributed by atoms with Gasteiger partial charge in [-0.2, -0.15) is 4.57 Å². The predicted octanol–water partition coefficient (Wildman–Crippen LogP) is 4.98. The number of para-hydroxylation sites is 1. The maximum atomic E-state index is 6.07. The summed E-state index contributed by atoms with van der Waals surface area (Å²) in [4.78, 5) is 0. The molecule has 0 radical (unpaired) electrons. The molecule has 24 heavy (non-hydrogen) atoms. The summed E-state index contributed by atoms with van der Waals surface area (Å²) in [5.74, 6) is 0.840. The molecule has 0 atom stereocenters. The number of nitrogens with one attached hydrogen (secondary N) is 1. The van der Waals surface area contributed by atoms with E-state index in [4.69, 9.17) is 4.42 Å². The van der Waals surface area contributed by atoms with Crippen LogP contribution in [-0.4, -0.2) is 0 Å². The molecule has 1 N–H and O–H groups in total. The zero-order valence-electron chi connectivity index (χ0n) is 13.6. The molecule has 0 bridgehead atoms. The van der Waals surface area contributed by atoms with Crippen LogP contribution in [0, 0.1) is 0 Å². The Hall–Kier alpha value is -3.07. The van der Waals surface area contributed by atoms with Gasteiger partial charge >= 0.3 is 5.89 Å². The number of oxazole rings is 1. The fraction of sp³-hybridized carbons (Fsp3) is 0.0952. The van der Waals surface area contributed by atoms with Crippen LogP contribution in [-0.2, 0) is 6.54 Å². The molecule has 0 spiro atoms. The minimum absolute atomic E-state index is 0.840. The van der Waals surface area contributed by atoms with Crippen molar-refractivity contribution in [2.75, 3.05) is 5.32 Å². The van der Waals surface area contributed by atoms with E-state index in [2.05, 4.69) is 47.1 Å². The van der Waals surface area contributed by atoms with Gasteiger partial charge in [0.25, 0.3) is 5.52 Å². The molecule has 1 heterocycles. The molecule has 1 aromatic heterocycles. The van der Waals surface area contributed by atoms with E-state index in [-0.39, 0.29) is 0 Å². The summed E-state index contributed by atoms with van der Waals surface area (Å²) < 4.78 is 8.28. The Labute approximate surface area is 140 Å². The molecule has 4 rings (SSSR count). The number of aromatic nitrogens is 1. The van der Waals surface area contributed by atoms with Gasteiger partial charge in [0.1, 0.15) is 6.54 Å². The van der Waals surface area contributed by atoms with Gasteiger partial charge in [-0.25, -0.2) is 0 Å². The summed E-state index contributed by atoms with van der Waals surface area (Å²) >= 11 is 0. The topological polar surface area (TPSA) is 29.1 Å². The quantitative estimate of drug-likeness (QED) is 0.538. The molecule has 3 aromatic carbocycles. The highest BCUT2D eigenvalue weighted by molar-refractivity contribution is 6.01. The molecule has 0 aliphatic carbocycles. The highest BCUT2D eigenvalue weighted by atomic mass is 16.3. The summed E-state index contributed by atoms with van der Waals surface area (Å²) in [6.45, 7) is 2.99. The number of fused-ring (bicyclic) bond motifs is 3. The van der Waals surface area contributed by atoms with Gasteiger partial charge in [-0.15, -0.1) is 0 Å². The molecule has 0 aliphatic rings. The van der Waals surface area contributed by atoms with Crippen molar-refractivity contribution in [3.8, 4) is 0 Å². The molecule has 0 saturated heterocycles. The fourth-order valence-electron chi connectivity index (χ4n) is 3.06. The Kier molecular flexibility index (Phi) is 3.75. The summed E-state index contributed by atoms with van der Waals surface area (Å²) in [7, 11) is 0. The molecule has 4 aromatic rings. The minimum atomic E-state index is 0.840. The van der Waals surface area contributed by atoms with Crippen LogP contribution in [0.3, 0.4) is 0 Å². The van der Waals surface area contributed by atoms with E-state index in [0.29, 0.717) is 0 Å². The van der Waals surface area contributed by atoms with Crippen molar-refractivity contribution in [1.82, 2.24) is 0 Å². The van der Waals surface area contributed by atoms with Crippen LogP contribution >= 0.6 is 0 Å². The second-order valence-corrected chi connectivity index (χ2v) is 5.66. The van der Waals surface area contributed by atoms with Gasteiger partial charge in [0.05, 0.1) is 11.5 Å². The van der Waals surface area contributed by atoms with E-state index in [0.717, 1.165) is 29.2 Å². The van der Waals surface area contributed by atoms with E-state index < -0.39 is 0 Å². The molecule has 0 amide bonds. The third-order valence-electron chi connectivity index (χ3n) is 4.18. The Morgan fingerprint density at radius 1 is 0.958 bits per heavy atom. The Bertz CT molecular complexity index is 1020. The van der Waals surface area contributed by atoms with E-state index in [9.17, 15) is 0 Å². The average molecular weight is 315 g/mol. The maximum absolute atomic E-state index is 6.07.